The highest BCUT2D eigenvalue weighted by molar-refractivity contribution is 5.93. The second-order valence-corrected chi connectivity index (χ2v) is 7.51. The van der Waals surface area contributed by atoms with Crippen molar-refractivity contribution in [2.45, 2.75) is 45.9 Å². The number of benzene rings is 1. The molecule has 0 aliphatic heterocycles. The second kappa shape index (κ2) is 9.24. The van der Waals surface area contributed by atoms with Gasteiger partial charge in [0.15, 0.2) is 0 Å². The fourth-order valence-corrected chi connectivity index (χ4v) is 2.76. The van der Waals surface area contributed by atoms with Gasteiger partial charge in [-0.25, -0.2) is 9.18 Å². The number of aromatic nitrogens is 1. The van der Waals surface area contributed by atoms with Gasteiger partial charge in [0.2, 0.25) is 0 Å². The first-order chi connectivity index (χ1) is 13.6. The fourth-order valence-electron chi connectivity index (χ4n) is 2.76. The highest BCUT2D eigenvalue weighted by Crippen LogP contribution is 2.17. The Morgan fingerprint density at radius 1 is 1.24 bits per heavy atom. The molecule has 2 amide bonds. The molecule has 1 aromatic carbocycles. The number of nitrogens with zero attached hydrogens (tertiary/aromatic N) is 2. The van der Waals surface area contributed by atoms with Gasteiger partial charge in [-0.15, -0.1) is 0 Å². The number of carbonyl (C=O) groups excluding carboxylic acids is 2. The lowest BCUT2D eigenvalue weighted by Gasteiger charge is -2.20. The first-order valence-corrected chi connectivity index (χ1v) is 9.24. The Morgan fingerprint density at radius 3 is 2.55 bits per heavy atom. The van der Waals surface area contributed by atoms with Crippen molar-refractivity contribution >= 4 is 12.0 Å². The van der Waals surface area contributed by atoms with Gasteiger partial charge in [-0.1, -0.05) is 18.2 Å². The van der Waals surface area contributed by atoms with Gasteiger partial charge in [0.1, 0.15) is 28.9 Å². The summed E-state index contributed by atoms with van der Waals surface area (Å²) in [5.74, 6) is -0.852. The predicted octanol–water partition coefficient (Wildman–Crippen LogP) is 3.51. The molecule has 0 saturated heterocycles. The molecule has 2 aromatic rings. The van der Waals surface area contributed by atoms with Crippen molar-refractivity contribution in [3.05, 3.63) is 59.2 Å². The van der Waals surface area contributed by atoms with Crippen LogP contribution in [0.4, 0.5) is 9.18 Å². The van der Waals surface area contributed by atoms with Gasteiger partial charge in [-0.3, -0.25) is 4.79 Å². The maximum Gasteiger partial charge on any atom is 0.407 e. The normalized spacial score (nSPS) is 12.0. The van der Waals surface area contributed by atoms with Crippen LogP contribution >= 0.6 is 0 Å². The van der Waals surface area contributed by atoms with Crippen LogP contribution in [0.3, 0.4) is 0 Å². The standard InChI is InChI=1S/C21H25FN4O3/c1-14(16-7-5-6-8-17(16)22)25-19(27)18-10-9-15(13-23)26(18)12-11-24-20(28)29-21(2,3)4/h5-10,14H,11-12H2,1-4H3,(H,24,28)(H,25,27)/t14-/m0/s1. The number of hydrogen-bond donors (Lipinski definition) is 2. The van der Waals surface area contributed by atoms with Crippen molar-refractivity contribution in [3.63, 3.8) is 0 Å². The third kappa shape index (κ3) is 6.07. The van der Waals surface area contributed by atoms with E-state index in [1.807, 2.05) is 6.07 Å². The highest BCUT2D eigenvalue weighted by atomic mass is 19.1. The highest BCUT2D eigenvalue weighted by Gasteiger charge is 2.20. The number of ether oxygens (including phenoxy) is 1. The monoisotopic (exact) mass is 400 g/mol. The Kier molecular flexibility index (Phi) is 6.99. The van der Waals surface area contributed by atoms with E-state index < -0.39 is 29.5 Å². The van der Waals surface area contributed by atoms with E-state index in [4.69, 9.17) is 4.74 Å². The van der Waals surface area contributed by atoms with Crippen LogP contribution in [0.2, 0.25) is 0 Å². The zero-order valence-corrected chi connectivity index (χ0v) is 17.0. The molecular formula is C21H25FN4O3. The van der Waals surface area contributed by atoms with E-state index in [0.717, 1.165) is 0 Å². The van der Waals surface area contributed by atoms with Crippen molar-refractivity contribution in [1.82, 2.24) is 15.2 Å². The number of carbonyl (C=O) groups is 2. The molecule has 1 aromatic heterocycles. The van der Waals surface area contributed by atoms with E-state index in [0.29, 0.717) is 5.56 Å². The Morgan fingerprint density at radius 2 is 1.93 bits per heavy atom. The molecule has 0 bridgehead atoms. The van der Waals surface area contributed by atoms with Crippen LogP contribution in [0, 0.1) is 17.1 Å². The second-order valence-electron chi connectivity index (χ2n) is 7.51. The summed E-state index contributed by atoms with van der Waals surface area (Å²) in [6, 6.07) is 10.7. The smallest absolute Gasteiger partial charge is 0.407 e. The summed E-state index contributed by atoms with van der Waals surface area (Å²) < 4.78 is 20.6. The van der Waals surface area contributed by atoms with Gasteiger partial charge >= 0.3 is 6.09 Å². The first kappa shape index (κ1) is 22.0. The quantitative estimate of drug-likeness (QED) is 0.775. The minimum absolute atomic E-state index is 0.168. The van der Waals surface area contributed by atoms with Crippen LogP contribution in [-0.2, 0) is 11.3 Å². The minimum atomic E-state index is -0.622. The molecule has 2 rings (SSSR count). The summed E-state index contributed by atoms with van der Waals surface area (Å²) in [6.45, 7) is 7.31. The number of rotatable bonds is 6. The van der Waals surface area contributed by atoms with Crippen LogP contribution in [0.1, 0.15) is 55.5 Å². The molecule has 0 unspecified atom stereocenters. The molecule has 0 fully saturated rings. The molecule has 0 spiro atoms. The molecule has 0 aliphatic carbocycles. The first-order valence-electron chi connectivity index (χ1n) is 9.24. The third-order valence-electron chi connectivity index (χ3n) is 4.05. The lowest BCUT2D eigenvalue weighted by Crippen LogP contribution is -2.35. The summed E-state index contributed by atoms with van der Waals surface area (Å²) in [4.78, 5) is 24.5. The number of nitriles is 1. The minimum Gasteiger partial charge on any atom is -0.444 e. The van der Waals surface area contributed by atoms with Crippen molar-refractivity contribution in [1.29, 1.82) is 5.26 Å². The topological polar surface area (TPSA) is 96.1 Å². The van der Waals surface area contributed by atoms with Crippen LogP contribution in [-0.4, -0.2) is 28.7 Å². The summed E-state index contributed by atoms with van der Waals surface area (Å²) in [5.41, 5.74) is 0.268. The van der Waals surface area contributed by atoms with Gasteiger partial charge in [0, 0.05) is 18.7 Å². The molecule has 29 heavy (non-hydrogen) atoms. The van der Waals surface area contributed by atoms with Crippen LogP contribution in [0.25, 0.3) is 0 Å². The third-order valence-corrected chi connectivity index (χ3v) is 4.05. The molecule has 0 radical (unpaired) electrons. The molecule has 1 atom stereocenters. The molecule has 154 valence electrons. The Labute approximate surface area is 169 Å². The summed E-state index contributed by atoms with van der Waals surface area (Å²) >= 11 is 0. The SMILES string of the molecule is C[C@H](NC(=O)c1ccc(C#N)n1CCNC(=O)OC(C)(C)C)c1ccccc1F. The Hall–Kier alpha value is -3.34. The lowest BCUT2D eigenvalue weighted by atomic mass is 10.1. The van der Waals surface area contributed by atoms with Crippen LogP contribution in [0.5, 0.6) is 0 Å². The predicted molar refractivity (Wildman–Crippen MR) is 106 cm³/mol. The molecular weight excluding hydrogens is 375 g/mol. The summed E-state index contributed by atoms with van der Waals surface area (Å²) in [6.07, 6.45) is -0.581. The molecule has 0 saturated carbocycles. The largest absolute Gasteiger partial charge is 0.444 e. The van der Waals surface area contributed by atoms with Crippen molar-refractivity contribution < 1.29 is 18.7 Å². The van der Waals surface area contributed by atoms with E-state index in [9.17, 15) is 19.2 Å². The lowest BCUT2D eigenvalue weighted by molar-refractivity contribution is 0.0526. The zero-order chi connectivity index (χ0) is 21.6. The molecule has 0 aliphatic rings. The summed E-state index contributed by atoms with van der Waals surface area (Å²) in [7, 11) is 0. The van der Waals surface area contributed by atoms with Crippen LogP contribution < -0.4 is 10.6 Å². The number of alkyl carbamates (subject to hydrolysis) is 1. The van der Waals surface area contributed by atoms with Gasteiger partial charge in [-0.2, -0.15) is 5.26 Å². The molecule has 1 heterocycles. The van der Waals surface area contributed by atoms with E-state index >= 15 is 0 Å². The fraction of sp³-hybridized carbons (Fsp3) is 0.381. The van der Waals surface area contributed by atoms with Gasteiger partial charge in [0.25, 0.3) is 5.91 Å². The average molecular weight is 400 g/mol. The molecule has 2 N–H and O–H groups in total. The Balaban J connectivity index is 2.07. The van der Waals surface area contributed by atoms with E-state index in [-0.39, 0.29) is 24.5 Å². The van der Waals surface area contributed by atoms with E-state index in [1.54, 1.807) is 45.9 Å². The van der Waals surface area contributed by atoms with Crippen LogP contribution in [0.15, 0.2) is 36.4 Å². The zero-order valence-electron chi connectivity index (χ0n) is 17.0. The number of hydrogen-bond acceptors (Lipinski definition) is 4. The average Bonchev–Trinajstić information content (AvgIpc) is 3.03. The maximum absolute atomic E-state index is 13.9. The summed E-state index contributed by atoms with van der Waals surface area (Å²) in [5, 5.41) is 14.6. The maximum atomic E-state index is 13.9. The number of halogens is 1. The Bertz CT molecular complexity index is 925. The van der Waals surface area contributed by atoms with Gasteiger partial charge in [0.05, 0.1) is 6.04 Å². The van der Waals surface area contributed by atoms with Crippen molar-refractivity contribution in [3.8, 4) is 6.07 Å². The van der Waals surface area contributed by atoms with Crippen molar-refractivity contribution in [2.75, 3.05) is 6.54 Å². The molecule has 7 nitrogen and oxygen atoms in total. The number of nitrogens with one attached hydrogen (secondary N) is 2. The van der Waals surface area contributed by atoms with Gasteiger partial charge in [-0.05, 0) is 45.9 Å². The van der Waals surface area contributed by atoms with E-state index in [2.05, 4.69) is 10.6 Å². The molecule has 8 heteroatoms. The number of amides is 2. The van der Waals surface area contributed by atoms with Gasteiger partial charge < -0.3 is 19.9 Å². The van der Waals surface area contributed by atoms with Crippen molar-refractivity contribution in [2.24, 2.45) is 0 Å². The van der Waals surface area contributed by atoms with E-state index in [1.165, 1.54) is 22.8 Å².